The Labute approximate surface area is 167 Å². The van der Waals surface area contributed by atoms with Crippen molar-refractivity contribution in [2.45, 2.75) is 13.0 Å². The Morgan fingerprint density at radius 2 is 1.93 bits per heavy atom. The van der Waals surface area contributed by atoms with Crippen LogP contribution in [0, 0.1) is 0 Å². The quantitative estimate of drug-likeness (QED) is 0.450. The average Bonchev–Trinajstić information content (AvgIpc) is 3.19. The van der Waals surface area contributed by atoms with Gasteiger partial charge < -0.3 is 10.1 Å². The predicted octanol–water partition coefficient (Wildman–Crippen LogP) is 5.35. The van der Waals surface area contributed by atoms with Gasteiger partial charge in [-0.05, 0) is 30.7 Å². The molecule has 4 aromatic rings. The Morgan fingerprint density at radius 3 is 2.68 bits per heavy atom. The number of anilines is 1. The van der Waals surface area contributed by atoms with Crippen molar-refractivity contribution in [3.05, 3.63) is 72.1 Å². The molecule has 28 heavy (non-hydrogen) atoms. The van der Waals surface area contributed by atoms with Crippen molar-refractivity contribution >= 4 is 33.7 Å². The van der Waals surface area contributed by atoms with Crippen molar-refractivity contribution in [1.82, 2.24) is 9.97 Å². The van der Waals surface area contributed by atoms with Crippen LogP contribution in [0.25, 0.3) is 20.7 Å². The molecule has 0 aliphatic heterocycles. The zero-order valence-electron chi connectivity index (χ0n) is 15.5. The van der Waals surface area contributed by atoms with Gasteiger partial charge in [-0.1, -0.05) is 36.4 Å². The summed E-state index contributed by atoms with van der Waals surface area (Å²) in [5, 5.41) is 4.43. The van der Waals surface area contributed by atoms with Crippen molar-refractivity contribution in [1.29, 1.82) is 0 Å². The number of fused-ring (bicyclic) bond motifs is 1. The van der Waals surface area contributed by atoms with Gasteiger partial charge in [0.15, 0.2) is 6.29 Å². The fourth-order valence-corrected chi connectivity index (χ4v) is 4.22. The van der Waals surface area contributed by atoms with Crippen LogP contribution in [0.15, 0.2) is 60.9 Å². The molecule has 0 unspecified atom stereocenters. The van der Waals surface area contributed by atoms with Crippen LogP contribution in [-0.2, 0) is 0 Å². The van der Waals surface area contributed by atoms with E-state index in [1.807, 2.05) is 36.4 Å². The van der Waals surface area contributed by atoms with Crippen molar-refractivity contribution in [2.24, 2.45) is 0 Å². The Balaban J connectivity index is 1.75. The van der Waals surface area contributed by atoms with E-state index in [-0.39, 0.29) is 6.04 Å². The second-order valence-corrected chi connectivity index (χ2v) is 7.41. The van der Waals surface area contributed by atoms with Gasteiger partial charge in [-0.3, -0.25) is 4.79 Å². The standard InChI is InChI=1S/C22H19N3O2S/c1-14(15-7-4-3-5-8-15)25-21-18-11-19(28-22(18)24-13-23-21)17-10-6-9-16(12-26)20(17)27-2/h3-14H,1-2H3,(H,23,24,25)/t14-/m1/s1. The average molecular weight is 389 g/mol. The number of benzene rings is 2. The number of hydrogen-bond acceptors (Lipinski definition) is 6. The number of aromatic nitrogens is 2. The Morgan fingerprint density at radius 1 is 1.11 bits per heavy atom. The summed E-state index contributed by atoms with van der Waals surface area (Å²) in [6.07, 6.45) is 2.38. The van der Waals surface area contributed by atoms with E-state index in [1.54, 1.807) is 30.8 Å². The lowest BCUT2D eigenvalue weighted by molar-refractivity contribution is 0.112. The van der Waals surface area contributed by atoms with Gasteiger partial charge in [0.05, 0.1) is 18.1 Å². The molecule has 0 fully saturated rings. The second kappa shape index (κ2) is 7.78. The number of thiophene rings is 1. The van der Waals surface area contributed by atoms with Gasteiger partial charge >= 0.3 is 0 Å². The molecule has 1 N–H and O–H groups in total. The number of aldehydes is 1. The maximum absolute atomic E-state index is 11.3. The van der Waals surface area contributed by atoms with Crippen molar-refractivity contribution in [3.8, 4) is 16.2 Å². The third-order valence-corrected chi connectivity index (χ3v) is 5.70. The number of ether oxygens (including phenoxy) is 1. The summed E-state index contributed by atoms with van der Waals surface area (Å²) >= 11 is 1.55. The molecule has 0 aliphatic rings. The molecule has 0 aliphatic carbocycles. The van der Waals surface area contributed by atoms with Gasteiger partial charge in [0, 0.05) is 16.5 Å². The van der Waals surface area contributed by atoms with E-state index >= 15 is 0 Å². The van der Waals surface area contributed by atoms with Gasteiger partial charge in [-0.15, -0.1) is 11.3 Å². The third-order valence-electron chi connectivity index (χ3n) is 4.62. The number of hydrogen-bond donors (Lipinski definition) is 1. The molecular weight excluding hydrogens is 370 g/mol. The van der Waals surface area contributed by atoms with Crippen LogP contribution in [0.2, 0.25) is 0 Å². The maximum atomic E-state index is 11.3. The molecule has 5 nitrogen and oxygen atoms in total. The molecule has 0 radical (unpaired) electrons. The van der Waals surface area contributed by atoms with Gasteiger partial charge in [0.1, 0.15) is 22.7 Å². The van der Waals surface area contributed by atoms with Crippen molar-refractivity contribution < 1.29 is 9.53 Å². The van der Waals surface area contributed by atoms with Crippen molar-refractivity contribution in [2.75, 3.05) is 12.4 Å². The molecule has 0 saturated heterocycles. The van der Waals surface area contributed by atoms with Crippen LogP contribution in [0.4, 0.5) is 5.82 Å². The lowest BCUT2D eigenvalue weighted by atomic mass is 10.1. The summed E-state index contributed by atoms with van der Waals surface area (Å²) < 4.78 is 5.49. The van der Waals surface area contributed by atoms with Gasteiger partial charge in [0.2, 0.25) is 0 Å². The van der Waals surface area contributed by atoms with E-state index in [9.17, 15) is 4.79 Å². The highest BCUT2D eigenvalue weighted by Gasteiger charge is 2.16. The first kappa shape index (κ1) is 18.1. The normalized spacial score (nSPS) is 11.9. The highest BCUT2D eigenvalue weighted by Crippen LogP contribution is 2.40. The number of para-hydroxylation sites is 1. The minimum absolute atomic E-state index is 0.107. The topological polar surface area (TPSA) is 64.1 Å². The first-order valence-corrected chi connectivity index (χ1v) is 9.71. The fraction of sp³-hybridized carbons (Fsp3) is 0.136. The maximum Gasteiger partial charge on any atom is 0.153 e. The van der Waals surface area contributed by atoms with Crippen LogP contribution < -0.4 is 10.1 Å². The van der Waals surface area contributed by atoms with Crippen LogP contribution >= 0.6 is 11.3 Å². The highest BCUT2D eigenvalue weighted by atomic mass is 32.1. The number of nitrogens with one attached hydrogen (secondary N) is 1. The molecule has 6 heteroatoms. The molecule has 2 aromatic heterocycles. The summed E-state index contributed by atoms with van der Waals surface area (Å²) in [4.78, 5) is 22.1. The molecule has 0 bridgehead atoms. The monoisotopic (exact) mass is 389 g/mol. The predicted molar refractivity (Wildman–Crippen MR) is 113 cm³/mol. The number of rotatable bonds is 6. The van der Waals surface area contributed by atoms with E-state index in [0.717, 1.165) is 32.8 Å². The lowest BCUT2D eigenvalue weighted by Gasteiger charge is -2.15. The summed E-state index contributed by atoms with van der Waals surface area (Å²) in [7, 11) is 1.58. The van der Waals surface area contributed by atoms with E-state index in [2.05, 4.69) is 34.3 Å². The SMILES string of the molecule is COc1c(C=O)cccc1-c1cc2c(N[C@H](C)c3ccccc3)ncnc2s1. The molecule has 0 saturated carbocycles. The smallest absolute Gasteiger partial charge is 0.153 e. The molecule has 0 amide bonds. The van der Waals surface area contributed by atoms with Crippen molar-refractivity contribution in [3.63, 3.8) is 0 Å². The summed E-state index contributed by atoms with van der Waals surface area (Å²) in [5.41, 5.74) is 2.59. The molecule has 2 aromatic carbocycles. The lowest BCUT2D eigenvalue weighted by Crippen LogP contribution is -2.08. The Kier molecular flexibility index (Phi) is 5.04. The minimum atomic E-state index is 0.107. The summed E-state index contributed by atoms with van der Waals surface area (Å²) in [6.45, 7) is 2.10. The summed E-state index contributed by atoms with van der Waals surface area (Å²) in [6, 6.07) is 17.9. The van der Waals surface area contributed by atoms with Gasteiger partial charge in [0.25, 0.3) is 0 Å². The highest BCUT2D eigenvalue weighted by molar-refractivity contribution is 7.22. The van der Waals surface area contributed by atoms with Gasteiger partial charge in [-0.2, -0.15) is 0 Å². The molecule has 2 heterocycles. The molecule has 0 spiro atoms. The molecule has 140 valence electrons. The van der Waals surface area contributed by atoms with Crippen LogP contribution in [-0.4, -0.2) is 23.4 Å². The number of carbonyl (C=O) groups excluding carboxylic acids is 1. The number of nitrogens with zero attached hydrogens (tertiary/aromatic N) is 2. The van der Waals surface area contributed by atoms with Crippen LogP contribution in [0.3, 0.4) is 0 Å². The largest absolute Gasteiger partial charge is 0.495 e. The first-order valence-electron chi connectivity index (χ1n) is 8.90. The second-order valence-electron chi connectivity index (χ2n) is 6.37. The van der Waals surface area contributed by atoms with E-state index in [4.69, 9.17) is 4.74 Å². The Hall–Kier alpha value is -3.25. The van der Waals surface area contributed by atoms with Crippen LogP contribution in [0.1, 0.15) is 28.9 Å². The minimum Gasteiger partial charge on any atom is -0.495 e. The van der Waals surface area contributed by atoms with Gasteiger partial charge in [-0.25, -0.2) is 9.97 Å². The molecule has 4 rings (SSSR count). The third kappa shape index (κ3) is 3.34. The zero-order chi connectivity index (χ0) is 19.5. The van der Waals surface area contributed by atoms with E-state index in [1.165, 1.54) is 5.56 Å². The first-order chi connectivity index (χ1) is 13.7. The Bertz CT molecular complexity index is 1130. The summed E-state index contributed by atoms with van der Waals surface area (Å²) in [5.74, 6) is 1.36. The van der Waals surface area contributed by atoms with E-state index in [0.29, 0.717) is 11.3 Å². The molecule has 1 atom stereocenters. The zero-order valence-corrected chi connectivity index (χ0v) is 16.4. The van der Waals surface area contributed by atoms with Crippen LogP contribution in [0.5, 0.6) is 5.75 Å². The van der Waals surface area contributed by atoms with E-state index < -0.39 is 0 Å². The number of carbonyl (C=O) groups is 1. The molecular formula is C22H19N3O2S. The number of methoxy groups -OCH3 is 1. The fourth-order valence-electron chi connectivity index (χ4n) is 3.20.